The maximum atomic E-state index is 13.2. The zero-order valence-electron chi connectivity index (χ0n) is 20.3. The van der Waals surface area contributed by atoms with E-state index < -0.39 is 0 Å². The normalized spacial score (nSPS) is 14.1. The van der Waals surface area contributed by atoms with Crippen molar-refractivity contribution < 1.29 is 4.79 Å². The van der Waals surface area contributed by atoms with Crippen molar-refractivity contribution in [3.8, 4) is 5.69 Å². The third-order valence-electron chi connectivity index (χ3n) is 6.41. The van der Waals surface area contributed by atoms with E-state index in [-0.39, 0.29) is 11.5 Å². The van der Waals surface area contributed by atoms with E-state index in [1.807, 2.05) is 60.4 Å². The highest BCUT2D eigenvalue weighted by molar-refractivity contribution is 5.94. The molecule has 178 valence electrons. The van der Waals surface area contributed by atoms with E-state index >= 15 is 0 Å². The van der Waals surface area contributed by atoms with Gasteiger partial charge in [-0.15, -0.1) is 5.10 Å². The highest BCUT2D eigenvalue weighted by Crippen LogP contribution is 2.18. The van der Waals surface area contributed by atoms with Gasteiger partial charge in [-0.1, -0.05) is 17.7 Å². The zero-order valence-corrected chi connectivity index (χ0v) is 20.3. The van der Waals surface area contributed by atoms with E-state index in [1.165, 1.54) is 4.68 Å². The van der Waals surface area contributed by atoms with Crippen molar-refractivity contribution >= 4 is 17.4 Å². The maximum Gasteiger partial charge on any atom is 0.271 e. The Morgan fingerprint density at radius 2 is 1.59 bits per heavy atom. The summed E-state index contributed by atoms with van der Waals surface area (Å²) in [4.78, 5) is 31.9. The lowest BCUT2D eigenvalue weighted by Gasteiger charge is -2.24. The zero-order chi connectivity index (χ0) is 24.1. The molecule has 0 spiro atoms. The molecule has 0 N–H and O–H groups in total. The summed E-state index contributed by atoms with van der Waals surface area (Å²) in [6.07, 6.45) is 0.842. The van der Waals surface area contributed by atoms with Crippen molar-refractivity contribution in [1.29, 1.82) is 0 Å². The number of benzene rings is 2. The van der Waals surface area contributed by atoms with Gasteiger partial charge < -0.3 is 14.7 Å². The van der Waals surface area contributed by atoms with E-state index in [9.17, 15) is 9.59 Å². The number of carbonyl (C=O) groups is 1. The maximum absolute atomic E-state index is 13.2. The smallest absolute Gasteiger partial charge is 0.271 e. The van der Waals surface area contributed by atoms with Gasteiger partial charge in [0.05, 0.1) is 5.69 Å². The minimum Gasteiger partial charge on any atom is -0.372 e. The average Bonchev–Trinajstić information content (AvgIpc) is 3.12. The molecule has 1 aromatic heterocycles. The number of hydrogen-bond donors (Lipinski definition) is 0. The second-order valence-corrected chi connectivity index (χ2v) is 8.63. The molecule has 4 rings (SSSR count). The van der Waals surface area contributed by atoms with Crippen LogP contribution in [0.25, 0.3) is 5.69 Å². The topological polar surface area (TPSA) is 61.7 Å². The molecular formula is C27H33N5O2. The van der Waals surface area contributed by atoms with Crippen LogP contribution in [-0.4, -0.2) is 59.9 Å². The van der Waals surface area contributed by atoms with Crippen LogP contribution in [0.4, 0.5) is 11.5 Å². The van der Waals surface area contributed by atoms with Gasteiger partial charge in [-0.05, 0) is 69.7 Å². The standard InChI is InChI=1S/C27H33N5O2/c1-4-29(5-2)23-13-9-22(10-14-23)27(34)31-18-6-17-30(19-20-31)25-15-16-26(33)32(28-25)24-11-7-21(3)8-12-24/h7-16H,4-6,17-20H2,1-3H3. The fourth-order valence-electron chi connectivity index (χ4n) is 4.38. The predicted octanol–water partition coefficient (Wildman–Crippen LogP) is 3.74. The van der Waals surface area contributed by atoms with Crippen molar-refractivity contribution in [3.63, 3.8) is 0 Å². The summed E-state index contributed by atoms with van der Waals surface area (Å²) in [6, 6.07) is 19.0. The number of carbonyl (C=O) groups excluding carboxylic acids is 1. The predicted molar refractivity (Wildman–Crippen MR) is 137 cm³/mol. The largest absolute Gasteiger partial charge is 0.372 e. The highest BCUT2D eigenvalue weighted by atomic mass is 16.2. The Morgan fingerprint density at radius 3 is 2.26 bits per heavy atom. The van der Waals surface area contributed by atoms with Gasteiger partial charge >= 0.3 is 0 Å². The Balaban J connectivity index is 1.46. The van der Waals surface area contributed by atoms with E-state index in [0.29, 0.717) is 19.6 Å². The first kappa shape index (κ1) is 23.5. The van der Waals surface area contributed by atoms with E-state index in [1.54, 1.807) is 12.1 Å². The SMILES string of the molecule is CCN(CC)c1ccc(C(=O)N2CCCN(c3ccc(=O)n(-c4ccc(C)cc4)n3)CC2)cc1. The lowest BCUT2D eigenvalue weighted by molar-refractivity contribution is 0.0767. The minimum atomic E-state index is -0.160. The summed E-state index contributed by atoms with van der Waals surface area (Å²) in [7, 11) is 0. The molecule has 0 aliphatic carbocycles. The molecule has 1 aliphatic rings. The monoisotopic (exact) mass is 459 g/mol. The summed E-state index contributed by atoms with van der Waals surface area (Å²) in [6.45, 7) is 10.9. The quantitative estimate of drug-likeness (QED) is 0.562. The molecule has 0 radical (unpaired) electrons. The Morgan fingerprint density at radius 1 is 0.882 bits per heavy atom. The Kier molecular flexibility index (Phi) is 7.30. The van der Waals surface area contributed by atoms with Crippen molar-refractivity contribution in [2.45, 2.75) is 27.2 Å². The molecule has 2 heterocycles. The van der Waals surface area contributed by atoms with Crippen LogP contribution in [0.2, 0.25) is 0 Å². The molecule has 1 amide bonds. The van der Waals surface area contributed by atoms with Crippen LogP contribution >= 0.6 is 0 Å². The molecule has 0 bridgehead atoms. The van der Waals surface area contributed by atoms with E-state index in [0.717, 1.165) is 54.4 Å². The van der Waals surface area contributed by atoms with Crippen LogP contribution in [0.1, 0.15) is 36.2 Å². The second-order valence-electron chi connectivity index (χ2n) is 8.63. The number of nitrogens with zero attached hydrogens (tertiary/aromatic N) is 5. The van der Waals surface area contributed by atoms with Gasteiger partial charge in [0.15, 0.2) is 0 Å². The van der Waals surface area contributed by atoms with E-state index in [2.05, 4.69) is 28.7 Å². The summed E-state index contributed by atoms with van der Waals surface area (Å²) in [5.41, 5.74) is 3.58. The first-order valence-corrected chi connectivity index (χ1v) is 12.1. The molecule has 7 heteroatoms. The van der Waals surface area contributed by atoms with Crippen LogP contribution in [0.5, 0.6) is 0 Å². The van der Waals surface area contributed by atoms with Gasteiger partial charge in [-0.3, -0.25) is 9.59 Å². The van der Waals surface area contributed by atoms with Crippen molar-refractivity contribution in [2.24, 2.45) is 0 Å². The van der Waals surface area contributed by atoms with Crippen molar-refractivity contribution in [2.75, 3.05) is 49.1 Å². The molecule has 1 saturated heterocycles. The number of aromatic nitrogens is 2. The molecule has 2 aromatic carbocycles. The number of aryl methyl sites for hydroxylation is 1. The van der Waals surface area contributed by atoms with Crippen LogP contribution in [0, 0.1) is 6.92 Å². The number of hydrogen-bond acceptors (Lipinski definition) is 5. The first-order chi connectivity index (χ1) is 16.5. The van der Waals surface area contributed by atoms with Crippen LogP contribution in [-0.2, 0) is 0 Å². The van der Waals surface area contributed by atoms with Crippen molar-refractivity contribution in [3.05, 3.63) is 82.1 Å². The second kappa shape index (κ2) is 10.5. The molecule has 34 heavy (non-hydrogen) atoms. The summed E-state index contributed by atoms with van der Waals surface area (Å²) < 4.78 is 1.44. The number of amides is 1. The fraction of sp³-hybridized carbons (Fsp3) is 0.370. The van der Waals surface area contributed by atoms with Crippen LogP contribution in [0.3, 0.4) is 0 Å². The third kappa shape index (κ3) is 5.14. The minimum absolute atomic E-state index is 0.0607. The van der Waals surface area contributed by atoms with Gasteiger partial charge in [0, 0.05) is 56.6 Å². The average molecular weight is 460 g/mol. The van der Waals surface area contributed by atoms with Crippen LogP contribution in [0.15, 0.2) is 65.5 Å². The molecule has 3 aromatic rings. The van der Waals surface area contributed by atoms with E-state index in [4.69, 9.17) is 0 Å². The van der Waals surface area contributed by atoms with Crippen LogP contribution < -0.4 is 15.4 Å². The Hall–Kier alpha value is -3.61. The Bertz CT molecular complexity index is 1170. The Labute approximate surface area is 201 Å². The molecule has 0 unspecified atom stereocenters. The number of anilines is 2. The van der Waals surface area contributed by atoms with Gasteiger partial charge in [-0.2, -0.15) is 4.68 Å². The molecule has 1 fully saturated rings. The molecule has 7 nitrogen and oxygen atoms in total. The van der Waals surface area contributed by atoms with Crippen molar-refractivity contribution in [1.82, 2.24) is 14.7 Å². The summed E-state index contributed by atoms with van der Waals surface area (Å²) >= 11 is 0. The van der Waals surface area contributed by atoms with Gasteiger partial charge in [0.1, 0.15) is 5.82 Å². The van der Waals surface area contributed by atoms with Gasteiger partial charge in [0.25, 0.3) is 11.5 Å². The summed E-state index contributed by atoms with van der Waals surface area (Å²) in [5, 5.41) is 4.63. The van der Waals surface area contributed by atoms with Gasteiger partial charge in [0.2, 0.25) is 0 Å². The third-order valence-corrected chi connectivity index (χ3v) is 6.41. The number of rotatable bonds is 6. The summed E-state index contributed by atoms with van der Waals surface area (Å²) in [5.74, 6) is 0.809. The first-order valence-electron chi connectivity index (χ1n) is 12.1. The lowest BCUT2D eigenvalue weighted by Crippen LogP contribution is -2.36. The van der Waals surface area contributed by atoms with Gasteiger partial charge in [-0.25, -0.2) is 0 Å². The lowest BCUT2D eigenvalue weighted by atomic mass is 10.1. The molecule has 0 atom stereocenters. The molecule has 0 saturated carbocycles. The molecule has 1 aliphatic heterocycles. The highest BCUT2D eigenvalue weighted by Gasteiger charge is 2.22. The molecular weight excluding hydrogens is 426 g/mol. The fourth-order valence-corrected chi connectivity index (χ4v) is 4.38.